The van der Waals surface area contributed by atoms with Gasteiger partial charge in [-0.15, -0.1) is 0 Å². The zero-order valence-corrected chi connectivity index (χ0v) is 17.1. The third-order valence-electron chi connectivity index (χ3n) is 6.15. The number of amides is 1. The van der Waals surface area contributed by atoms with Gasteiger partial charge in [0.15, 0.2) is 0 Å². The van der Waals surface area contributed by atoms with Crippen molar-refractivity contribution in [2.45, 2.75) is 38.6 Å². The quantitative estimate of drug-likeness (QED) is 0.785. The van der Waals surface area contributed by atoms with Crippen LogP contribution < -0.4 is 9.80 Å². The number of benzene rings is 1. The minimum atomic E-state index is -0.213. The lowest BCUT2D eigenvalue weighted by atomic mass is 10.00. The second kappa shape index (κ2) is 8.80. The zero-order valence-electron chi connectivity index (χ0n) is 17.1. The molecule has 6 heteroatoms. The van der Waals surface area contributed by atoms with Crippen LogP contribution in [0.15, 0.2) is 42.6 Å². The number of piperazine rings is 1. The first kappa shape index (κ1) is 19.7. The molecular weight excluding hydrogens is 367 g/mol. The summed E-state index contributed by atoms with van der Waals surface area (Å²) in [4.78, 5) is 23.7. The van der Waals surface area contributed by atoms with E-state index in [0.717, 1.165) is 18.8 Å². The average Bonchev–Trinajstić information content (AvgIpc) is 2.79. The molecule has 2 aliphatic heterocycles. The number of anilines is 2. The van der Waals surface area contributed by atoms with Crippen molar-refractivity contribution in [2.75, 3.05) is 42.5 Å². The number of piperidine rings is 1. The van der Waals surface area contributed by atoms with E-state index < -0.39 is 0 Å². The standard InChI is InChI=1S/C23H29FN4O/c1-2-19-7-5-6-12-28(19)22-11-10-18(17-25-22)23(29)27-15-13-26(14-16-27)21-9-4-3-8-20(21)24/h3-4,8-11,17,19H,2,5-7,12-16H2,1H3. The van der Waals surface area contributed by atoms with E-state index in [-0.39, 0.29) is 11.7 Å². The Morgan fingerprint density at radius 1 is 1.07 bits per heavy atom. The summed E-state index contributed by atoms with van der Waals surface area (Å²) in [7, 11) is 0. The highest BCUT2D eigenvalue weighted by Gasteiger charge is 2.25. The first-order valence-corrected chi connectivity index (χ1v) is 10.7. The van der Waals surface area contributed by atoms with Gasteiger partial charge in [-0.2, -0.15) is 0 Å². The first-order valence-electron chi connectivity index (χ1n) is 10.7. The largest absolute Gasteiger partial charge is 0.366 e. The van der Waals surface area contributed by atoms with Crippen molar-refractivity contribution >= 4 is 17.4 Å². The van der Waals surface area contributed by atoms with Gasteiger partial charge in [-0.25, -0.2) is 9.37 Å². The molecule has 0 spiro atoms. The van der Waals surface area contributed by atoms with Crippen LogP contribution in [0.25, 0.3) is 0 Å². The summed E-state index contributed by atoms with van der Waals surface area (Å²) < 4.78 is 14.0. The van der Waals surface area contributed by atoms with Crippen molar-refractivity contribution in [2.24, 2.45) is 0 Å². The van der Waals surface area contributed by atoms with E-state index in [1.165, 1.54) is 25.3 Å². The number of nitrogens with zero attached hydrogens (tertiary/aromatic N) is 4. The molecule has 0 saturated carbocycles. The third kappa shape index (κ3) is 4.21. The molecule has 1 amide bonds. The minimum absolute atomic E-state index is 0.00270. The number of aromatic nitrogens is 1. The van der Waals surface area contributed by atoms with E-state index in [1.54, 1.807) is 18.3 Å². The van der Waals surface area contributed by atoms with Crippen LogP contribution in [-0.2, 0) is 0 Å². The van der Waals surface area contributed by atoms with Gasteiger partial charge in [0.2, 0.25) is 0 Å². The maximum Gasteiger partial charge on any atom is 0.255 e. The Balaban J connectivity index is 1.38. The Labute approximate surface area is 172 Å². The lowest BCUT2D eigenvalue weighted by Gasteiger charge is -2.37. The van der Waals surface area contributed by atoms with Gasteiger partial charge in [0.05, 0.1) is 11.3 Å². The molecule has 3 heterocycles. The van der Waals surface area contributed by atoms with E-state index in [1.807, 2.05) is 28.0 Å². The van der Waals surface area contributed by atoms with E-state index in [4.69, 9.17) is 0 Å². The molecule has 4 rings (SSSR count). The summed E-state index contributed by atoms with van der Waals surface area (Å²) in [5, 5.41) is 0. The van der Waals surface area contributed by atoms with Gasteiger partial charge in [0.1, 0.15) is 11.6 Å². The van der Waals surface area contributed by atoms with Gasteiger partial charge in [-0.1, -0.05) is 19.1 Å². The maximum atomic E-state index is 14.0. The van der Waals surface area contributed by atoms with Crippen LogP contribution in [0.5, 0.6) is 0 Å². The Bertz CT molecular complexity index is 833. The average molecular weight is 397 g/mol. The van der Waals surface area contributed by atoms with Crippen molar-refractivity contribution < 1.29 is 9.18 Å². The summed E-state index contributed by atoms with van der Waals surface area (Å²) in [6.45, 7) is 5.69. The third-order valence-corrected chi connectivity index (χ3v) is 6.15. The van der Waals surface area contributed by atoms with Crippen LogP contribution in [-0.4, -0.2) is 54.6 Å². The fraction of sp³-hybridized carbons (Fsp3) is 0.478. The first-order chi connectivity index (χ1) is 14.2. The minimum Gasteiger partial charge on any atom is -0.366 e. The molecule has 2 saturated heterocycles. The number of para-hydroxylation sites is 1. The highest BCUT2D eigenvalue weighted by Crippen LogP contribution is 2.25. The second-order valence-electron chi connectivity index (χ2n) is 7.89. The number of carbonyl (C=O) groups excluding carboxylic acids is 1. The van der Waals surface area contributed by atoms with Crippen molar-refractivity contribution in [3.63, 3.8) is 0 Å². The molecule has 0 radical (unpaired) electrons. The van der Waals surface area contributed by atoms with E-state index in [0.29, 0.717) is 43.5 Å². The number of pyridine rings is 1. The molecule has 5 nitrogen and oxygen atoms in total. The van der Waals surface area contributed by atoms with E-state index in [9.17, 15) is 9.18 Å². The zero-order chi connectivity index (χ0) is 20.2. The molecule has 1 aromatic carbocycles. The highest BCUT2D eigenvalue weighted by atomic mass is 19.1. The van der Waals surface area contributed by atoms with Gasteiger partial charge >= 0.3 is 0 Å². The van der Waals surface area contributed by atoms with Crippen molar-refractivity contribution in [1.29, 1.82) is 0 Å². The van der Waals surface area contributed by atoms with Crippen LogP contribution >= 0.6 is 0 Å². The normalized spacial score (nSPS) is 20.1. The Morgan fingerprint density at radius 2 is 1.86 bits per heavy atom. The van der Waals surface area contributed by atoms with Crippen LogP contribution in [0, 0.1) is 5.82 Å². The van der Waals surface area contributed by atoms with Crippen LogP contribution in [0.3, 0.4) is 0 Å². The molecule has 0 bridgehead atoms. The van der Waals surface area contributed by atoms with Crippen molar-refractivity contribution in [3.8, 4) is 0 Å². The number of carbonyl (C=O) groups is 1. The van der Waals surface area contributed by atoms with Gasteiger partial charge in [0.25, 0.3) is 5.91 Å². The summed E-state index contributed by atoms with van der Waals surface area (Å²) >= 11 is 0. The lowest BCUT2D eigenvalue weighted by molar-refractivity contribution is 0.0746. The summed E-state index contributed by atoms with van der Waals surface area (Å²) in [6.07, 6.45) is 6.53. The lowest BCUT2D eigenvalue weighted by Crippen LogP contribution is -2.49. The molecule has 154 valence electrons. The molecule has 2 aromatic rings. The molecule has 1 aromatic heterocycles. The Kier molecular flexibility index (Phi) is 5.97. The molecule has 1 atom stereocenters. The number of hydrogen-bond acceptors (Lipinski definition) is 4. The monoisotopic (exact) mass is 396 g/mol. The molecule has 2 fully saturated rings. The molecule has 29 heavy (non-hydrogen) atoms. The van der Waals surface area contributed by atoms with Gasteiger partial charge < -0.3 is 14.7 Å². The number of hydrogen-bond donors (Lipinski definition) is 0. The summed E-state index contributed by atoms with van der Waals surface area (Å²) in [6, 6.07) is 11.2. The topological polar surface area (TPSA) is 39.7 Å². The smallest absolute Gasteiger partial charge is 0.255 e. The molecule has 1 unspecified atom stereocenters. The van der Waals surface area contributed by atoms with Crippen molar-refractivity contribution in [3.05, 3.63) is 54.0 Å². The van der Waals surface area contributed by atoms with E-state index in [2.05, 4.69) is 16.8 Å². The van der Waals surface area contributed by atoms with Gasteiger partial charge in [-0.05, 0) is 49.9 Å². The fourth-order valence-corrected chi connectivity index (χ4v) is 4.45. The second-order valence-corrected chi connectivity index (χ2v) is 7.89. The van der Waals surface area contributed by atoms with Crippen LogP contribution in [0.1, 0.15) is 43.0 Å². The van der Waals surface area contributed by atoms with Crippen LogP contribution in [0.4, 0.5) is 15.9 Å². The number of rotatable bonds is 4. The number of halogens is 1. The predicted molar refractivity (Wildman–Crippen MR) is 114 cm³/mol. The SMILES string of the molecule is CCC1CCCCN1c1ccc(C(=O)N2CCN(c3ccccc3F)CC2)cn1. The molecule has 0 N–H and O–H groups in total. The predicted octanol–water partition coefficient (Wildman–Crippen LogP) is 3.95. The molecule has 2 aliphatic rings. The van der Waals surface area contributed by atoms with Crippen LogP contribution in [0.2, 0.25) is 0 Å². The van der Waals surface area contributed by atoms with Gasteiger partial charge in [-0.3, -0.25) is 4.79 Å². The molecular formula is C23H29FN4O. The van der Waals surface area contributed by atoms with E-state index >= 15 is 0 Å². The summed E-state index contributed by atoms with van der Waals surface area (Å²) in [5.74, 6) is 0.760. The fourth-order valence-electron chi connectivity index (χ4n) is 4.45. The summed E-state index contributed by atoms with van der Waals surface area (Å²) in [5.41, 5.74) is 1.23. The van der Waals surface area contributed by atoms with Gasteiger partial charge in [0, 0.05) is 45.0 Å². The molecule has 0 aliphatic carbocycles. The maximum absolute atomic E-state index is 14.0. The highest BCUT2D eigenvalue weighted by molar-refractivity contribution is 5.94. The Hall–Kier alpha value is -2.63. The Morgan fingerprint density at radius 3 is 2.55 bits per heavy atom. The van der Waals surface area contributed by atoms with Crippen molar-refractivity contribution in [1.82, 2.24) is 9.88 Å².